The van der Waals surface area contributed by atoms with Crippen LogP contribution in [0.2, 0.25) is 0 Å². The van der Waals surface area contributed by atoms with Gasteiger partial charge in [-0.15, -0.1) is 12.4 Å². The van der Waals surface area contributed by atoms with Crippen LogP contribution in [0.25, 0.3) is 15.9 Å². The summed E-state index contributed by atoms with van der Waals surface area (Å²) < 4.78 is 2.19. The lowest BCUT2D eigenvalue weighted by molar-refractivity contribution is 0.124. The molecule has 1 fully saturated rings. The van der Waals surface area contributed by atoms with Gasteiger partial charge in [-0.2, -0.15) is 0 Å². The molecule has 2 atom stereocenters. The number of benzene rings is 2. The summed E-state index contributed by atoms with van der Waals surface area (Å²) in [5, 5.41) is 9.93. The molecule has 3 aromatic rings. The number of para-hydroxylation sites is 2. The molecule has 27 heavy (non-hydrogen) atoms. The van der Waals surface area contributed by atoms with Crippen LogP contribution in [0.3, 0.4) is 0 Å². The molecule has 0 saturated carbocycles. The first-order valence-electron chi connectivity index (χ1n) is 8.76. The monoisotopic (exact) mass is 383 g/mol. The van der Waals surface area contributed by atoms with Crippen molar-refractivity contribution in [2.75, 3.05) is 18.0 Å². The molecule has 0 amide bonds. The smallest absolute Gasteiger partial charge is 0.206 e. The van der Waals surface area contributed by atoms with Gasteiger partial charge in [0.2, 0.25) is 5.95 Å². The molecule has 0 aliphatic carbocycles. The highest BCUT2D eigenvalue weighted by Crippen LogP contribution is 2.26. The number of anilines is 1. The van der Waals surface area contributed by atoms with Crippen molar-refractivity contribution in [2.24, 2.45) is 5.73 Å². The van der Waals surface area contributed by atoms with Crippen LogP contribution >= 0.6 is 12.4 Å². The van der Waals surface area contributed by atoms with E-state index in [1.54, 1.807) is 0 Å². The normalized spacial score (nSPS) is 19.5. The van der Waals surface area contributed by atoms with E-state index in [1.165, 1.54) is 0 Å². The molecule has 0 bridgehead atoms. The van der Waals surface area contributed by atoms with Gasteiger partial charge in [-0.05, 0) is 24.1 Å². The highest BCUT2D eigenvalue weighted by molar-refractivity contribution is 5.85. The molecular weight excluding hydrogens is 362 g/mol. The minimum absolute atomic E-state index is 0. The highest BCUT2D eigenvalue weighted by atomic mass is 35.5. The molecule has 2 heterocycles. The number of aliphatic hydroxyl groups excluding tert-OH is 1. The first kappa shape index (κ1) is 19.2. The Kier molecular flexibility index (Phi) is 5.66. The number of hydrogen-bond donors (Lipinski definition) is 2. The summed E-state index contributed by atoms with van der Waals surface area (Å²) in [4.78, 5) is 10.4. The fourth-order valence-electron chi connectivity index (χ4n) is 3.47. The third-order valence-electron chi connectivity index (χ3n) is 4.94. The molecule has 0 radical (unpaired) electrons. The Hall–Kier alpha value is -2.59. The summed E-state index contributed by atoms with van der Waals surface area (Å²) in [5.41, 5.74) is 9.84. The summed E-state index contributed by atoms with van der Waals surface area (Å²) in [6.45, 7) is 9.08. The van der Waals surface area contributed by atoms with Crippen LogP contribution in [0.1, 0.15) is 12.0 Å². The number of halogens is 1. The van der Waals surface area contributed by atoms with E-state index in [0.29, 0.717) is 25.2 Å². The SMILES string of the molecule is Cl.[C-]#[N+]c1ccc(Cn2c(N3CC[C@@H](O)[C@H](N)C3)nc3ccccc32)cc1. The van der Waals surface area contributed by atoms with E-state index in [-0.39, 0.29) is 18.4 Å². The number of fused-ring (bicyclic) bond motifs is 1. The maximum atomic E-state index is 9.93. The molecule has 6 nitrogen and oxygen atoms in total. The van der Waals surface area contributed by atoms with Crippen molar-refractivity contribution in [1.29, 1.82) is 0 Å². The van der Waals surface area contributed by atoms with Gasteiger partial charge in [-0.1, -0.05) is 36.4 Å². The van der Waals surface area contributed by atoms with E-state index in [4.69, 9.17) is 17.3 Å². The van der Waals surface area contributed by atoms with E-state index >= 15 is 0 Å². The molecule has 4 rings (SSSR count). The van der Waals surface area contributed by atoms with Gasteiger partial charge in [0.15, 0.2) is 5.69 Å². The summed E-state index contributed by atoms with van der Waals surface area (Å²) in [7, 11) is 0. The lowest BCUT2D eigenvalue weighted by Crippen LogP contribution is -2.52. The molecule has 1 aliphatic heterocycles. The Morgan fingerprint density at radius 2 is 1.93 bits per heavy atom. The number of piperidine rings is 1. The summed E-state index contributed by atoms with van der Waals surface area (Å²) >= 11 is 0. The molecular formula is C20H22ClN5O. The largest absolute Gasteiger partial charge is 0.391 e. The predicted molar refractivity (Wildman–Crippen MR) is 110 cm³/mol. The van der Waals surface area contributed by atoms with Crippen molar-refractivity contribution in [3.8, 4) is 0 Å². The lowest BCUT2D eigenvalue weighted by Gasteiger charge is -2.35. The van der Waals surface area contributed by atoms with E-state index in [9.17, 15) is 5.11 Å². The number of aliphatic hydroxyl groups is 1. The zero-order valence-corrected chi connectivity index (χ0v) is 15.6. The van der Waals surface area contributed by atoms with E-state index in [0.717, 1.165) is 29.1 Å². The Bertz CT molecular complexity index is 963. The van der Waals surface area contributed by atoms with Gasteiger partial charge in [-0.25, -0.2) is 9.83 Å². The van der Waals surface area contributed by atoms with Crippen molar-refractivity contribution in [1.82, 2.24) is 9.55 Å². The van der Waals surface area contributed by atoms with Crippen molar-refractivity contribution in [3.63, 3.8) is 0 Å². The molecule has 7 heteroatoms. The van der Waals surface area contributed by atoms with Crippen LogP contribution < -0.4 is 10.6 Å². The zero-order chi connectivity index (χ0) is 18.1. The van der Waals surface area contributed by atoms with Gasteiger partial charge in [-0.3, -0.25) is 0 Å². The van der Waals surface area contributed by atoms with Crippen LogP contribution in [-0.2, 0) is 6.54 Å². The van der Waals surface area contributed by atoms with Gasteiger partial charge in [0.1, 0.15) is 0 Å². The molecule has 1 aromatic heterocycles. The lowest BCUT2D eigenvalue weighted by atomic mass is 10.0. The third-order valence-corrected chi connectivity index (χ3v) is 4.94. The minimum Gasteiger partial charge on any atom is -0.391 e. The standard InChI is InChI=1S/C20H21N5O.ClH/c1-22-15-8-6-14(7-9-15)12-25-18-5-3-2-4-17(18)23-20(25)24-11-10-19(26)16(21)13-24;/h2-9,16,19,26H,10-13,21H2;1H/t16-,19-;/m1./s1. The highest BCUT2D eigenvalue weighted by Gasteiger charge is 2.28. The molecule has 140 valence electrons. The van der Waals surface area contributed by atoms with Gasteiger partial charge in [0, 0.05) is 19.1 Å². The molecule has 0 spiro atoms. The van der Waals surface area contributed by atoms with Crippen molar-refractivity contribution in [2.45, 2.75) is 25.1 Å². The Morgan fingerprint density at radius 1 is 1.19 bits per heavy atom. The number of hydrogen-bond acceptors (Lipinski definition) is 4. The maximum Gasteiger partial charge on any atom is 0.206 e. The average molecular weight is 384 g/mol. The Balaban J connectivity index is 0.00000210. The quantitative estimate of drug-likeness (QED) is 0.682. The molecule has 1 aliphatic rings. The van der Waals surface area contributed by atoms with Gasteiger partial charge in [0.05, 0.1) is 30.3 Å². The van der Waals surface area contributed by atoms with E-state index in [2.05, 4.69) is 20.4 Å². The number of imidazole rings is 1. The number of aromatic nitrogens is 2. The van der Waals surface area contributed by atoms with Crippen LogP contribution in [-0.4, -0.2) is 39.9 Å². The molecule has 2 aromatic carbocycles. The van der Waals surface area contributed by atoms with Crippen molar-refractivity contribution < 1.29 is 5.11 Å². The van der Waals surface area contributed by atoms with E-state index in [1.807, 2.05) is 42.5 Å². The topological polar surface area (TPSA) is 71.7 Å². The van der Waals surface area contributed by atoms with Crippen molar-refractivity contribution >= 4 is 35.1 Å². The molecule has 0 unspecified atom stereocenters. The average Bonchev–Trinajstić information content (AvgIpc) is 3.03. The minimum atomic E-state index is -0.453. The fraction of sp³-hybridized carbons (Fsp3) is 0.300. The number of nitrogens with two attached hydrogens (primary N) is 1. The maximum absolute atomic E-state index is 9.93. The summed E-state index contributed by atoms with van der Waals surface area (Å²) in [6, 6.07) is 15.5. The zero-order valence-electron chi connectivity index (χ0n) is 14.8. The fourth-order valence-corrected chi connectivity index (χ4v) is 3.47. The predicted octanol–water partition coefficient (Wildman–Crippen LogP) is 2.96. The Morgan fingerprint density at radius 3 is 2.63 bits per heavy atom. The first-order chi connectivity index (χ1) is 12.7. The van der Waals surface area contributed by atoms with Crippen LogP contribution in [0.5, 0.6) is 0 Å². The second kappa shape index (κ2) is 7.97. The van der Waals surface area contributed by atoms with E-state index < -0.39 is 6.10 Å². The van der Waals surface area contributed by atoms with Crippen LogP contribution in [0.15, 0.2) is 48.5 Å². The summed E-state index contributed by atoms with van der Waals surface area (Å²) in [6.07, 6.45) is 0.189. The van der Waals surface area contributed by atoms with Crippen LogP contribution in [0.4, 0.5) is 11.6 Å². The summed E-state index contributed by atoms with van der Waals surface area (Å²) in [5.74, 6) is 0.878. The second-order valence-corrected chi connectivity index (χ2v) is 6.73. The third kappa shape index (κ3) is 3.76. The van der Waals surface area contributed by atoms with Gasteiger partial charge in [0.25, 0.3) is 0 Å². The van der Waals surface area contributed by atoms with Crippen LogP contribution in [0, 0.1) is 6.57 Å². The molecule has 1 saturated heterocycles. The molecule has 3 N–H and O–H groups in total. The first-order valence-corrected chi connectivity index (χ1v) is 8.76. The van der Waals surface area contributed by atoms with Gasteiger partial charge >= 0.3 is 0 Å². The van der Waals surface area contributed by atoms with Crippen molar-refractivity contribution in [3.05, 3.63) is 65.5 Å². The number of nitrogens with zero attached hydrogens (tertiary/aromatic N) is 4. The second-order valence-electron chi connectivity index (χ2n) is 6.73. The van der Waals surface area contributed by atoms with Gasteiger partial charge < -0.3 is 20.3 Å². The number of rotatable bonds is 3. The Labute approximate surface area is 164 Å².